The summed E-state index contributed by atoms with van der Waals surface area (Å²) in [5, 5.41) is 2.99. The molecule has 0 aliphatic carbocycles. The number of piperazine rings is 1. The van der Waals surface area contributed by atoms with Crippen LogP contribution in [0.25, 0.3) is 0 Å². The molecule has 0 bridgehead atoms. The van der Waals surface area contributed by atoms with Gasteiger partial charge in [-0.25, -0.2) is 8.42 Å². The minimum atomic E-state index is -3.31. The summed E-state index contributed by atoms with van der Waals surface area (Å²) in [4.78, 5) is 14.1. The van der Waals surface area contributed by atoms with Crippen LogP contribution in [0.1, 0.15) is 26.3 Å². The van der Waals surface area contributed by atoms with Crippen molar-refractivity contribution in [3.05, 3.63) is 35.9 Å². The number of sulfonamides is 1. The van der Waals surface area contributed by atoms with Gasteiger partial charge in [0.2, 0.25) is 15.9 Å². The van der Waals surface area contributed by atoms with Crippen molar-refractivity contribution in [1.29, 1.82) is 0 Å². The molecule has 1 N–H and O–H groups in total. The van der Waals surface area contributed by atoms with Crippen LogP contribution in [0.15, 0.2) is 30.3 Å². The van der Waals surface area contributed by atoms with Gasteiger partial charge in [0, 0.05) is 32.2 Å². The van der Waals surface area contributed by atoms with E-state index < -0.39 is 10.0 Å². The molecule has 7 heteroatoms. The molecule has 25 heavy (non-hydrogen) atoms. The topological polar surface area (TPSA) is 69.7 Å². The average Bonchev–Trinajstić information content (AvgIpc) is 2.55. The van der Waals surface area contributed by atoms with E-state index in [0.29, 0.717) is 38.6 Å². The fourth-order valence-corrected chi connectivity index (χ4v) is 4.23. The Morgan fingerprint density at radius 2 is 1.68 bits per heavy atom. The van der Waals surface area contributed by atoms with E-state index in [-0.39, 0.29) is 17.7 Å². The molecule has 1 atom stereocenters. The molecule has 0 aromatic heterocycles. The zero-order valence-electron chi connectivity index (χ0n) is 15.3. The molecule has 1 heterocycles. The monoisotopic (exact) mass is 367 g/mol. The van der Waals surface area contributed by atoms with Crippen molar-refractivity contribution in [1.82, 2.24) is 14.5 Å². The zero-order chi connectivity index (χ0) is 18.4. The Kier molecular flexibility index (Phi) is 6.98. The van der Waals surface area contributed by atoms with Crippen LogP contribution in [0.3, 0.4) is 0 Å². The summed E-state index contributed by atoms with van der Waals surface area (Å²) >= 11 is 0. The molecular formula is C18H29N3O3S. The normalized spacial score (nSPS) is 18.2. The maximum Gasteiger partial charge on any atom is 0.234 e. The third-order valence-electron chi connectivity index (χ3n) is 4.67. The highest BCUT2D eigenvalue weighted by atomic mass is 32.2. The number of benzene rings is 1. The second-order valence-corrected chi connectivity index (χ2v) is 8.99. The molecular weight excluding hydrogens is 338 g/mol. The second-order valence-electron chi connectivity index (χ2n) is 7.02. The summed E-state index contributed by atoms with van der Waals surface area (Å²) in [5.74, 6) is 0.422. The molecule has 0 saturated carbocycles. The van der Waals surface area contributed by atoms with Gasteiger partial charge in [-0.05, 0) is 18.4 Å². The molecule has 0 unspecified atom stereocenters. The Balaban J connectivity index is 1.82. The van der Waals surface area contributed by atoms with E-state index in [2.05, 4.69) is 19.2 Å². The van der Waals surface area contributed by atoms with Crippen molar-refractivity contribution in [3.63, 3.8) is 0 Å². The van der Waals surface area contributed by atoms with E-state index >= 15 is 0 Å². The van der Waals surface area contributed by atoms with Crippen LogP contribution >= 0.6 is 0 Å². The number of amides is 1. The van der Waals surface area contributed by atoms with Crippen LogP contribution in [0.5, 0.6) is 0 Å². The number of carbonyl (C=O) groups excluding carboxylic acids is 1. The Morgan fingerprint density at radius 3 is 2.24 bits per heavy atom. The van der Waals surface area contributed by atoms with E-state index in [9.17, 15) is 13.2 Å². The Bertz CT molecular complexity index is 653. The van der Waals surface area contributed by atoms with E-state index in [1.807, 2.05) is 42.2 Å². The van der Waals surface area contributed by atoms with E-state index in [1.54, 1.807) is 0 Å². The smallest absolute Gasteiger partial charge is 0.234 e. The van der Waals surface area contributed by atoms with Gasteiger partial charge in [-0.15, -0.1) is 0 Å². The van der Waals surface area contributed by atoms with Crippen LogP contribution in [-0.4, -0.2) is 62.3 Å². The van der Waals surface area contributed by atoms with Gasteiger partial charge < -0.3 is 5.32 Å². The van der Waals surface area contributed by atoms with Crippen LogP contribution in [-0.2, 0) is 20.6 Å². The number of nitrogens with one attached hydrogen (secondary N) is 1. The molecule has 2 rings (SSSR count). The SMILES string of the molecule is CC(C)[C@H](C)NC(=O)CN1CCN(S(=O)(=O)Cc2ccccc2)CC1. The third kappa shape index (κ3) is 6.09. The van der Waals surface area contributed by atoms with Gasteiger partial charge in [0.15, 0.2) is 0 Å². The van der Waals surface area contributed by atoms with E-state index in [1.165, 1.54) is 4.31 Å². The number of rotatable bonds is 7. The van der Waals surface area contributed by atoms with E-state index in [0.717, 1.165) is 5.56 Å². The maximum atomic E-state index is 12.5. The Hall–Kier alpha value is -1.44. The first-order valence-electron chi connectivity index (χ1n) is 8.81. The molecule has 1 aromatic rings. The summed E-state index contributed by atoms with van der Waals surface area (Å²) in [7, 11) is -3.31. The minimum absolute atomic E-state index is 0.00166. The summed E-state index contributed by atoms with van der Waals surface area (Å²) in [5.41, 5.74) is 0.798. The number of hydrogen-bond donors (Lipinski definition) is 1. The quantitative estimate of drug-likeness (QED) is 0.789. The van der Waals surface area contributed by atoms with Gasteiger partial charge in [0.05, 0.1) is 12.3 Å². The van der Waals surface area contributed by atoms with Gasteiger partial charge in [-0.1, -0.05) is 44.2 Å². The lowest BCUT2D eigenvalue weighted by Gasteiger charge is -2.33. The lowest BCUT2D eigenvalue weighted by molar-refractivity contribution is -0.123. The van der Waals surface area contributed by atoms with Crippen molar-refractivity contribution in [2.45, 2.75) is 32.6 Å². The van der Waals surface area contributed by atoms with Gasteiger partial charge in [0.1, 0.15) is 0 Å². The average molecular weight is 368 g/mol. The standard InChI is InChI=1S/C18H29N3O3S/c1-15(2)16(3)19-18(22)13-20-9-11-21(12-10-20)25(23,24)14-17-7-5-4-6-8-17/h4-8,15-16H,9-14H2,1-3H3,(H,19,22)/t16-/m0/s1. The highest BCUT2D eigenvalue weighted by molar-refractivity contribution is 7.88. The zero-order valence-corrected chi connectivity index (χ0v) is 16.1. The first-order chi connectivity index (χ1) is 11.8. The summed E-state index contributed by atoms with van der Waals surface area (Å²) in [6.45, 7) is 8.49. The summed E-state index contributed by atoms with van der Waals surface area (Å²) in [6.07, 6.45) is 0. The Labute approximate surface area is 151 Å². The molecule has 0 radical (unpaired) electrons. The lowest BCUT2D eigenvalue weighted by atomic mass is 10.1. The summed E-state index contributed by atoms with van der Waals surface area (Å²) in [6, 6.07) is 9.36. The lowest BCUT2D eigenvalue weighted by Crippen LogP contribution is -2.52. The van der Waals surface area contributed by atoms with Gasteiger partial charge in [-0.2, -0.15) is 4.31 Å². The number of carbonyl (C=O) groups is 1. The van der Waals surface area contributed by atoms with Gasteiger partial charge in [0.25, 0.3) is 0 Å². The molecule has 1 fully saturated rings. The summed E-state index contributed by atoms with van der Waals surface area (Å²) < 4.78 is 26.6. The molecule has 1 saturated heterocycles. The molecule has 1 amide bonds. The fourth-order valence-electron chi connectivity index (χ4n) is 2.71. The molecule has 1 aliphatic rings. The predicted octanol–water partition coefficient (Wildman–Crippen LogP) is 1.29. The van der Waals surface area contributed by atoms with Crippen molar-refractivity contribution >= 4 is 15.9 Å². The van der Waals surface area contributed by atoms with Crippen molar-refractivity contribution < 1.29 is 13.2 Å². The maximum absolute atomic E-state index is 12.5. The molecule has 140 valence electrons. The largest absolute Gasteiger partial charge is 0.352 e. The van der Waals surface area contributed by atoms with Crippen LogP contribution in [0.4, 0.5) is 0 Å². The van der Waals surface area contributed by atoms with E-state index in [4.69, 9.17) is 0 Å². The van der Waals surface area contributed by atoms with Crippen molar-refractivity contribution in [2.75, 3.05) is 32.7 Å². The Morgan fingerprint density at radius 1 is 1.08 bits per heavy atom. The first kappa shape index (κ1) is 19.9. The van der Waals surface area contributed by atoms with Gasteiger partial charge in [-0.3, -0.25) is 9.69 Å². The van der Waals surface area contributed by atoms with Crippen LogP contribution in [0.2, 0.25) is 0 Å². The first-order valence-corrected chi connectivity index (χ1v) is 10.4. The van der Waals surface area contributed by atoms with Crippen LogP contribution < -0.4 is 5.32 Å². The van der Waals surface area contributed by atoms with Crippen molar-refractivity contribution in [2.24, 2.45) is 5.92 Å². The molecule has 1 aliphatic heterocycles. The minimum Gasteiger partial charge on any atom is -0.352 e. The number of hydrogen-bond acceptors (Lipinski definition) is 4. The molecule has 0 spiro atoms. The predicted molar refractivity (Wildman–Crippen MR) is 99.5 cm³/mol. The highest BCUT2D eigenvalue weighted by Gasteiger charge is 2.28. The highest BCUT2D eigenvalue weighted by Crippen LogP contribution is 2.13. The molecule has 6 nitrogen and oxygen atoms in total. The number of nitrogens with zero attached hydrogens (tertiary/aromatic N) is 2. The van der Waals surface area contributed by atoms with Gasteiger partial charge >= 0.3 is 0 Å². The fraction of sp³-hybridized carbons (Fsp3) is 0.611. The second kappa shape index (κ2) is 8.78. The van der Waals surface area contributed by atoms with Crippen molar-refractivity contribution in [3.8, 4) is 0 Å². The van der Waals surface area contributed by atoms with Crippen LogP contribution in [0, 0.1) is 5.92 Å². The third-order valence-corrected chi connectivity index (χ3v) is 6.52. The molecule has 1 aromatic carbocycles.